The molecule has 190 valence electrons. The van der Waals surface area contributed by atoms with Crippen molar-refractivity contribution in [1.82, 2.24) is 9.44 Å². The Kier molecular flexibility index (Phi) is 12.0. The molecule has 0 aliphatic rings. The third-order valence-corrected chi connectivity index (χ3v) is 9.42. The van der Waals surface area contributed by atoms with Crippen LogP contribution in [0.3, 0.4) is 0 Å². The Morgan fingerprint density at radius 2 is 1.20 bits per heavy atom. The zero-order valence-electron chi connectivity index (χ0n) is 19.7. The summed E-state index contributed by atoms with van der Waals surface area (Å²) in [5, 5.41) is 0. The average molecular weight is 649 g/mol. The van der Waals surface area contributed by atoms with E-state index < -0.39 is 20.0 Å². The summed E-state index contributed by atoms with van der Waals surface area (Å²) in [6.07, 6.45) is 0. The molecule has 11 heteroatoms. The fourth-order valence-corrected chi connectivity index (χ4v) is 6.06. The van der Waals surface area contributed by atoms with Crippen LogP contribution >= 0.6 is 34.4 Å². The van der Waals surface area contributed by atoms with Crippen molar-refractivity contribution in [2.75, 3.05) is 20.2 Å². The summed E-state index contributed by atoms with van der Waals surface area (Å²) in [6.45, 7) is 4.31. The minimum atomic E-state index is -3.38. The van der Waals surface area contributed by atoms with Crippen molar-refractivity contribution in [2.24, 2.45) is 0 Å². The van der Waals surface area contributed by atoms with Crippen molar-refractivity contribution in [3.63, 3.8) is 0 Å². The highest BCUT2D eigenvalue weighted by molar-refractivity contribution is 14.1. The Morgan fingerprint density at radius 1 is 0.743 bits per heavy atom. The zero-order valence-corrected chi connectivity index (χ0v) is 24.3. The smallest absolute Gasteiger partial charge is 0.240 e. The van der Waals surface area contributed by atoms with Crippen LogP contribution in [0.15, 0.2) is 87.5 Å². The molecule has 3 aromatic rings. The SMILES string of the molecule is CCNS(=O)(=O)c1ccc(I)cc1.CCNS(=O)(=O)c1ccc(SCc2ccc(OC)cc2)cc1. The number of thioether (sulfide) groups is 1. The van der Waals surface area contributed by atoms with Crippen molar-refractivity contribution in [3.05, 3.63) is 81.9 Å². The summed E-state index contributed by atoms with van der Waals surface area (Å²) in [6, 6.07) is 21.6. The lowest BCUT2D eigenvalue weighted by atomic mass is 10.2. The van der Waals surface area contributed by atoms with Crippen LogP contribution in [-0.2, 0) is 25.8 Å². The van der Waals surface area contributed by atoms with Gasteiger partial charge < -0.3 is 4.74 Å². The zero-order chi connectivity index (χ0) is 25.9. The molecule has 3 rings (SSSR count). The number of methoxy groups -OCH3 is 1. The Hall–Kier alpha value is -1.64. The van der Waals surface area contributed by atoms with E-state index in [4.69, 9.17) is 4.74 Å². The van der Waals surface area contributed by atoms with Gasteiger partial charge in [-0.2, -0.15) is 0 Å². The van der Waals surface area contributed by atoms with Gasteiger partial charge in [0.15, 0.2) is 0 Å². The van der Waals surface area contributed by atoms with Gasteiger partial charge in [-0.25, -0.2) is 26.3 Å². The molecule has 0 unspecified atom stereocenters. The van der Waals surface area contributed by atoms with Gasteiger partial charge in [0.05, 0.1) is 16.9 Å². The highest BCUT2D eigenvalue weighted by Crippen LogP contribution is 2.25. The molecule has 0 spiro atoms. The van der Waals surface area contributed by atoms with E-state index in [-0.39, 0.29) is 0 Å². The van der Waals surface area contributed by atoms with E-state index in [1.807, 2.05) is 36.4 Å². The van der Waals surface area contributed by atoms with Crippen LogP contribution in [0.1, 0.15) is 19.4 Å². The van der Waals surface area contributed by atoms with Crippen molar-refractivity contribution in [2.45, 2.75) is 34.3 Å². The maximum Gasteiger partial charge on any atom is 0.240 e. The molecular weight excluding hydrogens is 619 g/mol. The topological polar surface area (TPSA) is 102 Å². The third kappa shape index (κ3) is 9.73. The molecule has 0 amide bonds. The van der Waals surface area contributed by atoms with Gasteiger partial charge in [0.1, 0.15) is 5.75 Å². The number of sulfonamides is 2. The predicted molar refractivity (Wildman–Crippen MR) is 150 cm³/mol. The van der Waals surface area contributed by atoms with Gasteiger partial charge in [-0.1, -0.05) is 26.0 Å². The van der Waals surface area contributed by atoms with Gasteiger partial charge in [0.2, 0.25) is 20.0 Å². The lowest BCUT2D eigenvalue weighted by molar-refractivity contribution is 0.414. The summed E-state index contributed by atoms with van der Waals surface area (Å²) in [5.41, 5.74) is 1.19. The number of benzene rings is 3. The Morgan fingerprint density at radius 3 is 1.63 bits per heavy atom. The minimum Gasteiger partial charge on any atom is -0.497 e. The molecule has 0 heterocycles. The van der Waals surface area contributed by atoms with Gasteiger partial charge in [0.25, 0.3) is 0 Å². The third-order valence-electron chi connectivity index (χ3n) is 4.49. The molecule has 3 aromatic carbocycles. The molecule has 35 heavy (non-hydrogen) atoms. The number of ether oxygens (including phenoxy) is 1. The normalized spacial score (nSPS) is 11.4. The van der Waals surface area contributed by atoms with Crippen LogP contribution in [0.2, 0.25) is 0 Å². The van der Waals surface area contributed by atoms with E-state index in [1.165, 1.54) is 5.56 Å². The van der Waals surface area contributed by atoms with E-state index in [9.17, 15) is 16.8 Å². The first-order valence-electron chi connectivity index (χ1n) is 10.7. The molecule has 0 saturated heterocycles. The molecule has 0 saturated carbocycles. The van der Waals surface area contributed by atoms with Crippen LogP contribution in [-0.4, -0.2) is 37.0 Å². The van der Waals surface area contributed by atoms with Crippen molar-refractivity contribution in [1.29, 1.82) is 0 Å². The van der Waals surface area contributed by atoms with Gasteiger partial charge in [-0.15, -0.1) is 11.8 Å². The highest BCUT2D eigenvalue weighted by atomic mass is 127. The standard InChI is InChI=1S/C16H19NO3S2.C8H10INO2S/c1-3-17-22(18,19)16-10-8-15(9-11-16)21-12-13-4-6-14(20-2)7-5-13;1-2-10-13(11,12)8-5-3-7(9)4-6-8/h4-11,17H,3,12H2,1-2H3;3-6,10H,2H2,1H3. The van der Waals surface area contributed by atoms with Gasteiger partial charge in [-0.05, 0) is 88.8 Å². The van der Waals surface area contributed by atoms with Crippen LogP contribution in [0, 0.1) is 3.57 Å². The maximum absolute atomic E-state index is 11.9. The first-order valence-corrected chi connectivity index (χ1v) is 15.7. The van der Waals surface area contributed by atoms with Gasteiger partial charge >= 0.3 is 0 Å². The largest absolute Gasteiger partial charge is 0.497 e. The summed E-state index contributed by atoms with van der Waals surface area (Å²) in [4.78, 5) is 1.64. The number of hydrogen-bond acceptors (Lipinski definition) is 6. The molecule has 7 nitrogen and oxygen atoms in total. The molecule has 0 aliphatic carbocycles. The second-order valence-corrected chi connectivity index (χ2v) is 12.9. The van der Waals surface area contributed by atoms with E-state index in [0.29, 0.717) is 22.9 Å². The fraction of sp³-hybridized carbons (Fsp3) is 0.250. The number of nitrogens with one attached hydrogen (secondary N) is 2. The Labute approximate surface area is 226 Å². The van der Waals surface area contributed by atoms with Crippen LogP contribution in [0.25, 0.3) is 0 Å². The number of halogens is 1. The maximum atomic E-state index is 11.9. The van der Waals surface area contributed by atoms with Crippen LogP contribution < -0.4 is 14.2 Å². The quantitative estimate of drug-likeness (QED) is 0.240. The first kappa shape index (κ1) is 29.6. The lowest BCUT2D eigenvalue weighted by Crippen LogP contribution is -2.22. The van der Waals surface area contributed by atoms with Crippen LogP contribution in [0.4, 0.5) is 0 Å². The molecule has 2 N–H and O–H groups in total. The van der Waals surface area contributed by atoms with E-state index in [2.05, 4.69) is 32.0 Å². The van der Waals surface area contributed by atoms with Crippen molar-refractivity contribution in [3.8, 4) is 5.75 Å². The molecule has 0 radical (unpaired) electrons. The predicted octanol–water partition coefficient (Wildman–Crippen LogP) is 4.88. The molecule has 0 fully saturated rings. The molecule has 0 bridgehead atoms. The first-order chi connectivity index (χ1) is 16.6. The molecule has 0 aliphatic heterocycles. The molecular formula is C24H29IN2O5S3. The lowest BCUT2D eigenvalue weighted by Gasteiger charge is -2.06. The van der Waals surface area contributed by atoms with E-state index >= 15 is 0 Å². The van der Waals surface area contributed by atoms with E-state index in [1.54, 1.807) is 69.1 Å². The number of hydrogen-bond donors (Lipinski definition) is 2. The van der Waals surface area contributed by atoms with Crippen molar-refractivity contribution < 1.29 is 21.6 Å². The Balaban J connectivity index is 0.000000283. The second kappa shape index (κ2) is 14.2. The monoisotopic (exact) mass is 648 g/mol. The van der Waals surface area contributed by atoms with Gasteiger partial charge in [0, 0.05) is 27.3 Å². The Bertz CT molecular complexity index is 1260. The summed E-state index contributed by atoms with van der Waals surface area (Å²) < 4.78 is 57.6. The molecule has 0 atom stereocenters. The summed E-state index contributed by atoms with van der Waals surface area (Å²) in [5.74, 6) is 1.66. The summed E-state index contributed by atoms with van der Waals surface area (Å²) in [7, 11) is -5.01. The van der Waals surface area contributed by atoms with Crippen LogP contribution in [0.5, 0.6) is 5.75 Å². The summed E-state index contributed by atoms with van der Waals surface area (Å²) >= 11 is 3.79. The highest BCUT2D eigenvalue weighted by Gasteiger charge is 2.12. The fourth-order valence-electron chi connectivity index (χ4n) is 2.76. The van der Waals surface area contributed by atoms with E-state index in [0.717, 1.165) is 20.0 Å². The van der Waals surface area contributed by atoms with Gasteiger partial charge in [-0.3, -0.25) is 0 Å². The second-order valence-electron chi connectivity index (χ2n) is 7.06. The van der Waals surface area contributed by atoms with Crippen molar-refractivity contribution >= 4 is 54.4 Å². The number of rotatable bonds is 10. The molecule has 0 aromatic heterocycles. The average Bonchev–Trinajstić information content (AvgIpc) is 2.84. The minimum absolute atomic E-state index is 0.295.